The summed E-state index contributed by atoms with van der Waals surface area (Å²) in [5, 5.41) is 3.70. The zero-order chi connectivity index (χ0) is 21.8. The molecule has 0 aliphatic heterocycles. The molecule has 0 amide bonds. The number of aryl methyl sites for hydroxylation is 1. The van der Waals surface area contributed by atoms with E-state index in [9.17, 15) is 28.2 Å². The van der Waals surface area contributed by atoms with Gasteiger partial charge in [0.1, 0.15) is 21.8 Å². The predicted octanol–water partition coefficient (Wildman–Crippen LogP) is 6.35. The predicted molar refractivity (Wildman–Crippen MR) is 93.2 cm³/mol. The summed E-state index contributed by atoms with van der Waals surface area (Å²) in [4.78, 5) is 5.99. The molecular formula is C16H15F7N4OS. The topological polar surface area (TPSA) is 52.8 Å². The quantitative estimate of drug-likeness (QED) is 0.431. The van der Waals surface area contributed by atoms with Gasteiger partial charge >= 0.3 is 10.2 Å². The van der Waals surface area contributed by atoms with Crippen molar-refractivity contribution in [3.63, 3.8) is 0 Å². The van der Waals surface area contributed by atoms with E-state index in [2.05, 4.69) is 15.1 Å². The second-order valence-electron chi connectivity index (χ2n) is 6.32. The molecule has 29 heavy (non-hydrogen) atoms. The minimum atomic E-state index is -9.81. The summed E-state index contributed by atoms with van der Waals surface area (Å²) in [5.74, 6) is 0.0669. The van der Waals surface area contributed by atoms with Crippen LogP contribution in [0.4, 0.5) is 28.2 Å². The molecule has 2 heterocycles. The van der Waals surface area contributed by atoms with Crippen molar-refractivity contribution in [3.05, 3.63) is 41.3 Å². The van der Waals surface area contributed by atoms with Crippen LogP contribution in [0, 0.1) is 6.92 Å². The van der Waals surface area contributed by atoms with Crippen LogP contribution in [-0.4, -0.2) is 26.9 Å². The lowest BCUT2D eigenvalue weighted by Gasteiger charge is -2.40. The molecule has 1 atom stereocenters. The van der Waals surface area contributed by atoms with Crippen LogP contribution in [0.2, 0.25) is 0 Å². The van der Waals surface area contributed by atoms with Gasteiger partial charge in [-0.15, -0.1) is 0 Å². The molecule has 13 heteroatoms. The van der Waals surface area contributed by atoms with Crippen molar-refractivity contribution in [2.75, 3.05) is 7.11 Å². The number of fused-ring (bicyclic) bond motifs is 1. The zero-order valence-electron chi connectivity index (χ0n) is 15.2. The van der Waals surface area contributed by atoms with Gasteiger partial charge in [-0.05, 0) is 31.5 Å². The third-order valence-electron chi connectivity index (χ3n) is 4.23. The summed E-state index contributed by atoms with van der Waals surface area (Å²) in [6.07, 6.45) is -3.00. The molecule has 2 aromatic heterocycles. The molecule has 0 bridgehead atoms. The number of aromatic nitrogens is 4. The van der Waals surface area contributed by atoms with Gasteiger partial charge in [-0.3, -0.25) is 0 Å². The van der Waals surface area contributed by atoms with Gasteiger partial charge < -0.3 is 4.74 Å². The maximum atomic E-state index is 13.5. The van der Waals surface area contributed by atoms with Crippen molar-refractivity contribution in [1.29, 1.82) is 0 Å². The van der Waals surface area contributed by atoms with Crippen molar-refractivity contribution in [1.82, 2.24) is 19.7 Å². The van der Waals surface area contributed by atoms with Crippen LogP contribution in [0.15, 0.2) is 29.2 Å². The van der Waals surface area contributed by atoms with Crippen LogP contribution in [0.1, 0.15) is 36.5 Å². The second kappa shape index (κ2) is 5.97. The van der Waals surface area contributed by atoms with Crippen molar-refractivity contribution in [2.45, 2.75) is 31.2 Å². The Labute approximate surface area is 160 Å². The number of nitrogens with zero attached hydrogens (tertiary/aromatic N) is 4. The normalized spacial score (nSPS) is 16.0. The van der Waals surface area contributed by atoms with Gasteiger partial charge in [-0.2, -0.15) is 10.1 Å². The Hall–Kier alpha value is -2.57. The Balaban J connectivity index is 2.15. The lowest BCUT2D eigenvalue weighted by molar-refractivity contribution is 0.146. The molecule has 3 rings (SSSR count). The first-order valence-electron chi connectivity index (χ1n) is 8.05. The largest absolute Gasteiger partial charge is 0.480 e. The minimum Gasteiger partial charge on any atom is -0.480 e. The van der Waals surface area contributed by atoms with Crippen molar-refractivity contribution >= 4 is 21.3 Å². The molecule has 0 aliphatic carbocycles. The van der Waals surface area contributed by atoms with Gasteiger partial charge in [-0.25, -0.2) is 18.4 Å². The molecule has 3 aromatic rings. The summed E-state index contributed by atoms with van der Waals surface area (Å²) in [5.41, 5.74) is -0.544. The fourth-order valence-corrected chi connectivity index (χ4v) is 3.50. The van der Waals surface area contributed by atoms with Crippen LogP contribution in [-0.2, 0) is 0 Å². The summed E-state index contributed by atoms with van der Waals surface area (Å²) in [6, 6.07) is 1.32. The Kier molecular flexibility index (Phi) is 4.35. The highest BCUT2D eigenvalue weighted by atomic mass is 32.5. The highest BCUT2D eigenvalue weighted by Crippen LogP contribution is 3.02. The molecule has 1 aromatic carbocycles. The van der Waals surface area contributed by atoms with E-state index in [4.69, 9.17) is 4.74 Å². The van der Waals surface area contributed by atoms with Crippen LogP contribution in [0.25, 0.3) is 11.0 Å². The fraction of sp³-hybridized carbons (Fsp3) is 0.312. The van der Waals surface area contributed by atoms with Crippen molar-refractivity contribution < 1.29 is 32.9 Å². The number of halogens is 7. The van der Waals surface area contributed by atoms with E-state index in [1.807, 2.05) is 0 Å². The first-order valence-corrected chi connectivity index (χ1v) is 10.0. The first kappa shape index (κ1) is 21.1. The summed E-state index contributed by atoms with van der Waals surface area (Å²) in [6.45, 7) is 2.95. The standard InChI is InChI=1S/C16H15F7N4OS/c1-8(10-4-6-11(7-5-10)29(19,20,21,22)23)27-15-12(13(26-27)14(17)18)16(28-3)25-9(2)24-15/h4-8,14H,1-3H3. The molecule has 160 valence electrons. The summed E-state index contributed by atoms with van der Waals surface area (Å²) < 4.78 is 97.5. The third kappa shape index (κ3) is 3.95. The van der Waals surface area contributed by atoms with Crippen LogP contribution >= 0.6 is 10.2 Å². The maximum absolute atomic E-state index is 13.5. The molecule has 1 unspecified atom stereocenters. The number of hydrogen-bond donors (Lipinski definition) is 0. The molecule has 0 N–H and O–H groups in total. The fourth-order valence-electron chi connectivity index (χ4n) is 2.85. The smallest absolute Gasteiger partial charge is 0.310 e. The van der Waals surface area contributed by atoms with Crippen molar-refractivity contribution in [3.8, 4) is 5.88 Å². The molecule has 5 nitrogen and oxygen atoms in total. The van der Waals surface area contributed by atoms with Crippen molar-refractivity contribution in [2.24, 2.45) is 0 Å². The average molecular weight is 444 g/mol. The van der Waals surface area contributed by atoms with E-state index in [1.165, 1.54) is 21.0 Å². The van der Waals surface area contributed by atoms with Crippen LogP contribution in [0.5, 0.6) is 5.88 Å². The second-order valence-corrected chi connectivity index (χ2v) is 8.73. The van der Waals surface area contributed by atoms with Gasteiger partial charge in [0.25, 0.3) is 6.43 Å². The molecule has 0 saturated carbocycles. The summed E-state index contributed by atoms with van der Waals surface area (Å²) >= 11 is 0. The Bertz CT molecular complexity index is 1080. The van der Waals surface area contributed by atoms with E-state index in [0.717, 1.165) is 16.8 Å². The Morgan fingerprint density at radius 1 is 1.00 bits per heavy atom. The molecule has 0 aliphatic rings. The van der Waals surface area contributed by atoms with E-state index in [0.29, 0.717) is 0 Å². The minimum absolute atomic E-state index is 0.0195. The van der Waals surface area contributed by atoms with E-state index < -0.39 is 33.3 Å². The lowest BCUT2D eigenvalue weighted by atomic mass is 10.1. The SMILES string of the molecule is COc1nc(C)nc2c1c(C(F)F)nn2C(C)c1ccc(S(F)(F)(F)(F)F)cc1. The van der Waals surface area contributed by atoms with E-state index in [1.54, 1.807) is 0 Å². The molecule has 0 fully saturated rings. The molecule has 0 spiro atoms. The molecule has 0 radical (unpaired) electrons. The monoisotopic (exact) mass is 444 g/mol. The van der Waals surface area contributed by atoms with Crippen LogP contribution < -0.4 is 4.74 Å². The number of ether oxygens (including phenoxy) is 1. The number of alkyl halides is 2. The highest BCUT2D eigenvalue weighted by molar-refractivity contribution is 8.45. The average Bonchev–Trinajstić information content (AvgIpc) is 2.98. The number of rotatable bonds is 5. The van der Waals surface area contributed by atoms with Gasteiger partial charge in [0.05, 0.1) is 13.2 Å². The third-order valence-corrected chi connectivity index (χ3v) is 5.40. The molecule has 0 saturated heterocycles. The first-order chi connectivity index (χ1) is 13.1. The van der Waals surface area contributed by atoms with Gasteiger partial charge in [-0.1, -0.05) is 31.6 Å². The van der Waals surface area contributed by atoms with Gasteiger partial charge in [0, 0.05) is 0 Å². The Morgan fingerprint density at radius 2 is 1.59 bits per heavy atom. The zero-order valence-corrected chi connectivity index (χ0v) is 16.0. The number of methoxy groups -OCH3 is 1. The van der Waals surface area contributed by atoms with Crippen LogP contribution in [0.3, 0.4) is 0 Å². The number of hydrogen-bond acceptors (Lipinski definition) is 4. The van der Waals surface area contributed by atoms with E-state index in [-0.39, 0.29) is 40.4 Å². The lowest BCUT2D eigenvalue weighted by Crippen LogP contribution is -2.11. The molecular weight excluding hydrogens is 429 g/mol. The highest BCUT2D eigenvalue weighted by Gasteiger charge is 2.65. The Morgan fingerprint density at radius 3 is 2.07 bits per heavy atom. The van der Waals surface area contributed by atoms with Gasteiger partial charge in [0.15, 0.2) is 5.65 Å². The van der Waals surface area contributed by atoms with E-state index >= 15 is 0 Å². The maximum Gasteiger partial charge on any atom is 0.310 e. The number of benzene rings is 1. The van der Waals surface area contributed by atoms with Gasteiger partial charge in [0.2, 0.25) is 5.88 Å². The summed E-state index contributed by atoms with van der Waals surface area (Å²) in [7, 11) is -8.58.